The normalized spacial score (nSPS) is 12.6. The fraction of sp³-hybridized carbons (Fsp3) is 0.333. The smallest absolute Gasteiger partial charge is 0.174 e. The SMILES string of the molecule is CCc1nsc(Sc2ccc([C@H](C)O)cc2)n1. The Kier molecular flexibility index (Phi) is 4.15. The first kappa shape index (κ1) is 12.5. The molecule has 5 heteroatoms. The third-order valence-corrected chi connectivity index (χ3v) is 4.13. The van der Waals surface area contributed by atoms with Crippen molar-refractivity contribution in [3.63, 3.8) is 0 Å². The molecule has 0 amide bonds. The van der Waals surface area contributed by atoms with Crippen molar-refractivity contribution in [2.45, 2.75) is 35.6 Å². The van der Waals surface area contributed by atoms with Crippen LogP contribution in [0.5, 0.6) is 0 Å². The van der Waals surface area contributed by atoms with Crippen LogP contribution in [0.25, 0.3) is 0 Å². The van der Waals surface area contributed by atoms with Crippen LogP contribution in [0.4, 0.5) is 0 Å². The number of aliphatic hydroxyl groups is 1. The quantitative estimate of drug-likeness (QED) is 0.922. The second-order valence-corrected chi connectivity index (χ2v) is 5.75. The van der Waals surface area contributed by atoms with E-state index in [1.807, 2.05) is 31.2 Å². The summed E-state index contributed by atoms with van der Waals surface area (Å²) in [6.07, 6.45) is 0.458. The molecule has 3 nitrogen and oxygen atoms in total. The lowest BCUT2D eigenvalue weighted by atomic mass is 10.1. The molecule has 90 valence electrons. The van der Waals surface area contributed by atoms with Gasteiger partial charge in [0.25, 0.3) is 0 Å². The molecule has 2 aromatic rings. The maximum absolute atomic E-state index is 9.41. The third kappa shape index (κ3) is 3.28. The number of hydrogen-bond acceptors (Lipinski definition) is 5. The number of aryl methyl sites for hydroxylation is 1. The van der Waals surface area contributed by atoms with E-state index in [2.05, 4.69) is 9.36 Å². The molecule has 1 aromatic carbocycles. The van der Waals surface area contributed by atoms with Crippen LogP contribution in [0.1, 0.15) is 31.3 Å². The average Bonchev–Trinajstić information content (AvgIpc) is 2.77. The molecule has 0 unspecified atom stereocenters. The van der Waals surface area contributed by atoms with E-state index < -0.39 is 6.10 Å². The second-order valence-electron chi connectivity index (χ2n) is 3.68. The first-order valence-electron chi connectivity index (χ1n) is 5.47. The summed E-state index contributed by atoms with van der Waals surface area (Å²) in [4.78, 5) is 5.52. The first-order valence-corrected chi connectivity index (χ1v) is 7.06. The third-order valence-electron chi connectivity index (χ3n) is 2.33. The number of rotatable bonds is 4. The molecule has 1 heterocycles. The van der Waals surface area contributed by atoms with Gasteiger partial charge in [-0.2, -0.15) is 4.37 Å². The molecule has 0 fully saturated rings. The molecule has 0 radical (unpaired) electrons. The van der Waals surface area contributed by atoms with E-state index in [0.717, 1.165) is 27.0 Å². The summed E-state index contributed by atoms with van der Waals surface area (Å²) in [6, 6.07) is 7.88. The number of benzene rings is 1. The fourth-order valence-electron chi connectivity index (χ4n) is 1.34. The Morgan fingerprint density at radius 1 is 1.35 bits per heavy atom. The number of aromatic nitrogens is 2. The van der Waals surface area contributed by atoms with Crippen molar-refractivity contribution in [3.05, 3.63) is 35.7 Å². The van der Waals surface area contributed by atoms with Crippen molar-refractivity contribution in [2.24, 2.45) is 0 Å². The average molecular weight is 266 g/mol. The Morgan fingerprint density at radius 2 is 2.06 bits per heavy atom. The number of nitrogens with zero attached hydrogens (tertiary/aromatic N) is 2. The summed E-state index contributed by atoms with van der Waals surface area (Å²) in [5.41, 5.74) is 0.931. The van der Waals surface area contributed by atoms with Gasteiger partial charge in [0.1, 0.15) is 5.82 Å². The van der Waals surface area contributed by atoms with Gasteiger partial charge in [-0.25, -0.2) is 4.98 Å². The van der Waals surface area contributed by atoms with Crippen molar-refractivity contribution in [1.29, 1.82) is 0 Å². The predicted molar refractivity (Wildman–Crippen MR) is 70.5 cm³/mol. The molecular weight excluding hydrogens is 252 g/mol. The summed E-state index contributed by atoms with van der Waals surface area (Å²) >= 11 is 3.04. The van der Waals surface area contributed by atoms with Gasteiger partial charge >= 0.3 is 0 Å². The van der Waals surface area contributed by atoms with Gasteiger partial charge in [0, 0.05) is 11.3 Å². The van der Waals surface area contributed by atoms with E-state index in [1.54, 1.807) is 18.7 Å². The molecule has 17 heavy (non-hydrogen) atoms. The highest BCUT2D eigenvalue weighted by molar-refractivity contribution is 8.01. The minimum atomic E-state index is -0.415. The van der Waals surface area contributed by atoms with Crippen molar-refractivity contribution < 1.29 is 5.11 Å². The Labute approximate surface area is 109 Å². The molecule has 0 saturated carbocycles. The molecule has 2 rings (SSSR count). The van der Waals surface area contributed by atoms with E-state index in [1.165, 1.54) is 11.5 Å². The lowest BCUT2D eigenvalue weighted by molar-refractivity contribution is 0.199. The summed E-state index contributed by atoms with van der Waals surface area (Å²) in [7, 11) is 0. The highest BCUT2D eigenvalue weighted by Crippen LogP contribution is 2.29. The van der Waals surface area contributed by atoms with Crippen molar-refractivity contribution in [3.8, 4) is 0 Å². The minimum absolute atomic E-state index is 0.415. The molecule has 0 spiro atoms. The van der Waals surface area contributed by atoms with Gasteiger partial charge in [-0.3, -0.25) is 0 Å². The largest absolute Gasteiger partial charge is 0.389 e. The van der Waals surface area contributed by atoms with Gasteiger partial charge in [0.05, 0.1) is 6.10 Å². The molecular formula is C12H14N2OS2. The van der Waals surface area contributed by atoms with Gasteiger partial charge < -0.3 is 5.11 Å². The molecule has 0 saturated heterocycles. The molecule has 1 N–H and O–H groups in total. The Balaban J connectivity index is 2.08. The van der Waals surface area contributed by atoms with E-state index in [9.17, 15) is 5.11 Å². The lowest BCUT2D eigenvalue weighted by Crippen LogP contribution is -1.89. The number of aliphatic hydroxyl groups excluding tert-OH is 1. The Morgan fingerprint density at radius 3 is 2.59 bits per heavy atom. The standard InChI is InChI=1S/C12H14N2OS2/c1-3-11-13-12(17-14-11)16-10-6-4-9(5-7-10)8(2)15/h4-8,15H,3H2,1-2H3/t8-/m0/s1. The van der Waals surface area contributed by atoms with Crippen LogP contribution < -0.4 is 0 Å². The molecule has 0 bridgehead atoms. The van der Waals surface area contributed by atoms with Gasteiger partial charge in [-0.05, 0) is 36.2 Å². The van der Waals surface area contributed by atoms with Crippen LogP contribution in [0.3, 0.4) is 0 Å². The summed E-state index contributed by atoms with van der Waals surface area (Å²) in [5.74, 6) is 0.901. The maximum Gasteiger partial charge on any atom is 0.174 e. The predicted octanol–water partition coefficient (Wildman–Crippen LogP) is 3.31. The number of hydrogen-bond donors (Lipinski definition) is 1. The van der Waals surface area contributed by atoms with E-state index >= 15 is 0 Å². The molecule has 1 aromatic heterocycles. The van der Waals surface area contributed by atoms with Crippen LogP contribution in [0, 0.1) is 0 Å². The van der Waals surface area contributed by atoms with Crippen LogP contribution in [-0.2, 0) is 6.42 Å². The maximum atomic E-state index is 9.41. The van der Waals surface area contributed by atoms with Gasteiger partial charge in [0.15, 0.2) is 4.34 Å². The minimum Gasteiger partial charge on any atom is -0.389 e. The molecule has 0 aliphatic rings. The van der Waals surface area contributed by atoms with Crippen molar-refractivity contribution >= 4 is 23.3 Å². The highest BCUT2D eigenvalue weighted by Gasteiger charge is 2.05. The fourth-order valence-corrected chi connectivity index (χ4v) is 3.01. The molecule has 1 atom stereocenters. The van der Waals surface area contributed by atoms with Crippen molar-refractivity contribution in [2.75, 3.05) is 0 Å². The topological polar surface area (TPSA) is 46.0 Å². The van der Waals surface area contributed by atoms with E-state index in [-0.39, 0.29) is 0 Å². The zero-order chi connectivity index (χ0) is 12.3. The first-order chi connectivity index (χ1) is 8.19. The zero-order valence-corrected chi connectivity index (χ0v) is 11.4. The summed E-state index contributed by atoms with van der Waals surface area (Å²) in [6.45, 7) is 3.81. The van der Waals surface area contributed by atoms with Crippen LogP contribution in [0.2, 0.25) is 0 Å². The monoisotopic (exact) mass is 266 g/mol. The molecule has 0 aliphatic heterocycles. The molecule has 0 aliphatic carbocycles. The van der Waals surface area contributed by atoms with Gasteiger partial charge in [-0.15, -0.1) is 0 Å². The zero-order valence-electron chi connectivity index (χ0n) is 9.75. The van der Waals surface area contributed by atoms with Crippen molar-refractivity contribution in [1.82, 2.24) is 9.36 Å². The lowest BCUT2D eigenvalue weighted by Gasteiger charge is -2.04. The van der Waals surface area contributed by atoms with Crippen LogP contribution in [-0.4, -0.2) is 14.5 Å². The van der Waals surface area contributed by atoms with Crippen LogP contribution >= 0.6 is 23.3 Å². The summed E-state index contributed by atoms with van der Waals surface area (Å²) < 4.78 is 5.21. The summed E-state index contributed by atoms with van der Waals surface area (Å²) in [5, 5.41) is 9.41. The van der Waals surface area contributed by atoms with E-state index in [0.29, 0.717) is 0 Å². The van der Waals surface area contributed by atoms with Gasteiger partial charge in [0.2, 0.25) is 0 Å². The second kappa shape index (κ2) is 5.62. The highest BCUT2D eigenvalue weighted by atomic mass is 32.2. The van der Waals surface area contributed by atoms with E-state index in [4.69, 9.17) is 0 Å². The Bertz CT molecular complexity index is 480. The van der Waals surface area contributed by atoms with Gasteiger partial charge in [-0.1, -0.05) is 30.8 Å². The van der Waals surface area contributed by atoms with Crippen LogP contribution in [0.15, 0.2) is 33.5 Å². The Hall–Kier alpha value is -0.910.